The summed E-state index contributed by atoms with van der Waals surface area (Å²) >= 11 is 0. The van der Waals surface area contributed by atoms with E-state index in [1.54, 1.807) is 0 Å². The molecule has 0 aliphatic carbocycles. The second kappa shape index (κ2) is 3.69. The van der Waals surface area contributed by atoms with Crippen molar-refractivity contribution in [3.63, 3.8) is 0 Å². The summed E-state index contributed by atoms with van der Waals surface area (Å²) in [6.07, 6.45) is 1.56. The highest BCUT2D eigenvalue weighted by Gasteiger charge is 2.39. The Labute approximate surface area is 80.1 Å². The van der Waals surface area contributed by atoms with E-state index in [0.717, 1.165) is 13.1 Å². The first-order chi connectivity index (χ1) is 6.35. The molecule has 2 N–H and O–H groups in total. The van der Waals surface area contributed by atoms with Gasteiger partial charge in [-0.1, -0.05) is 12.6 Å². The zero-order valence-electron chi connectivity index (χ0n) is 7.96. The molecule has 1 radical (unpaired) electrons. The minimum Gasteiger partial charge on any atom is -0.302 e. The van der Waals surface area contributed by atoms with Crippen LogP contribution < -0.4 is 10.6 Å². The van der Waals surface area contributed by atoms with Crippen LogP contribution in [0.15, 0.2) is 0 Å². The third-order valence-corrected chi connectivity index (χ3v) is 3.31. The zero-order chi connectivity index (χ0) is 9.26. The molecule has 2 fully saturated rings. The van der Waals surface area contributed by atoms with Crippen LogP contribution in [0.2, 0.25) is 12.6 Å². The fourth-order valence-electron chi connectivity index (χ4n) is 2.42. The molecule has 13 heavy (non-hydrogen) atoms. The Morgan fingerprint density at radius 1 is 1.38 bits per heavy atom. The lowest BCUT2D eigenvalue weighted by molar-refractivity contribution is 0.279. The SMILES string of the molecule is C[B]C1CNC2NCC(C#N)C2C1. The van der Waals surface area contributed by atoms with Crippen LogP contribution in [0.3, 0.4) is 0 Å². The van der Waals surface area contributed by atoms with Gasteiger partial charge in [0.15, 0.2) is 0 Å². The molecule has 0 bridgehead atoms. The Kier molecular flexibility index (Phi) is 2.57. The molecule has 2 aliphatic rings. The second-order valence-corrected chi connectivity index (χ2v) is 4.02. The average Bonchev–Trinajstić information content (AvgIpc) is 2.59. The smallest absolute Gasteiger partial charge is 0.111 e. The highest BCUT2D eigenvalue weighted by molar-refractivity contribution is 6.35. The van der Waals surface area contributed by atoms with E-state index in [9.17, 15) is 0 Å². The highest BCUT2D eigenvalue weighted by atomic mass is 15.2. The van der Waals surface area contributed by atoms with Crippen LogP contribution in [0.5, 0.6) is 0 Å². The lowest BCUT2D eigenvalue weighted by Crippen LogP contribution is -2.48. The molecule has 2 saturated heterocycles. The van der Waals surface area contributed by atoms with Crippen molar-refractivity contribution in [3.05, 3.63) is 0 Å². The van der Waals surface area contributed by atoms with Crippen molar-refractivity contribution in [2.75, 3.05) is 13.1 Å². The van der Waals surface area contributed by atoms with Crippen molar-refractivity contribution in [2.24, 2.45) is 11.8 Å². The largest absolute Gasteiger partial charge is 0.302 e. The number of fused-ring (bicyclic) bond motifs is 1. The Morgan fingerprint density at radius 2 is 2.15 bits per heavy atom. The van der Waals surface area contributed by atoms with Crippen molar-refractivity contribution in [2.45, 2.75) is 25.2 Å². The van der Waals surface area contributed by atoms with E-state index in [0.29, 0.717) is 17.9 Å². The van der Waals surface area contributed by atoms with Gasteiger partial charge >= 0.3 is 0 Å². The highest BCUT2D eigenvalue weighted by Crippen LogP contribution is 2.32. The number of nitrogens with zero attached hydrogens (tertiary/aromatic N) is 1. The maximum absolute atomic E-state index is 8.94. The maximum atomic E-state index is 8.94. The average molecular weight is 176 g/mol. The maximum Gasteiger partial charge on any atom is 0.111 e. The molecule has 0 aromatic rings. The molecular formula is C9H15BN3. The van der Waals surface area contributed by atoms with E-state index >= 15 is 0 Å². The third kappa shape index (κ3) is 1.59. The predicted octanol–water partition coefficient (Wildman–Crippen LogP) is 0.206. The van der Waals surface area contributed by atoms with E-state index in [1.807, 2.05) is 0 Å². The van der Waals surface area contributed by atoms with E-state index in [2.05, 4.69) is 30.8 Å². The molecule has 0 saturated carbocycles. The zero-order valence-corrected chi connectivity index (χ0v) is 7.96. The first-order valence-electron chi connectivity index (χ1n) is 5.01. The first-order valence-corrected chi connectivity index (χ1v) is 5.01. The lowest BCUT2D eigenvalue weighted by atomic mass is 9.61. The fourth-order valence-corrected chi connectivity index (χ4v) is 2.42. The van der Waals surface area contributed by atoms with Gasteiger partial charge in [0, 0.05) is 12.5 Å². The predicted molar refractivity (Wildman–Crippen MR) is 52.4 cm³/mol. The van der Waals surface area contributed by atoms with Gasteiger partial charge < -0.3 is 10.6 Å². The van der Waals surface area contributed by atoms with Crippen LogP contribution in [-0.4, -0.2) is 26.5 Å². The standard InChI is InChI=1S/C9H15BN3/c1-10-7-2-8-6(3-11)4-12-9(8)13-5-7/h6-9,12-13H,2,4-5H2,1H3. The number of hydrogen-bond donors (Lipinski definition) is 2. The van der Waals surface area contributed by atoms with Crippen molar-refractivity contribution >= 4 is 7.28 Å². The molecule has 0 aromatic heterocycles. The van der Waals surface area contributed by atoms with Gasteiger partial charge in [-0.3, -0.25) is 0 Å². The molecule has 0 spiro atoms. The van der Waals surface area contributed by atoms with Crippen molar-refractivity contribution in [1.82, 2.24) is 10.6 Å². The Bertz CT molecular complexity index is 225. The number of piperidine rings is 1. The van der Waals surface area contributed by atoms with E-state index < -0.39 is 0 Å². The van der Waals surface area contributed by atoms with Gasteiger partial charge in [0.05, 0.1) is 18.2 Å². The lowest BCUT2D eigenvalue weighted by Gasteiger charge is -2.33. The molecular weight excluding hydrogens is 161 g/mol. The normalized spacial score (nSPS) is 43.7. The van der Waals surface area contributed by atoms with Crippen molar-refractivity contribution in [1.29, 1.82) is 5.26 Å². The molecule has 69 valence electrons. The van der Waals surface area contributed by atoms with Crippen LogP contribution in [0.4, 0.5) is 0 Å². The monoisotopic (exact) mass is 176 g/mol. The molecule has 4 unspecified atom stereocenters. The van der Waals surface area contributed by atoms with Gasteiger partial charge in [-0.15, -0.1) is 0 Å². The van der Waals surface area contributed by atoms with Gasteiger partial charge in [-0.25, -0.2) is 0 Å². The fraction of sp³-hybridized carbons (Fsp3) is 0.889. The molecule has 2 heterocycles. The van der Waals surface area contributed by atoms with E-state index in [-0.39, 0.29) is 5.92 Å². The van der Waals surface area contributed by atoms with Crippen molar-refractivity contribution in [3.8, 4) is 6.07 Å². The molecule has 3 nitrogen and oxygen atoms in total. The minimum atomic E-state index is 0.209. The minimum absolute atomic E-state index is 0.209. The summed E-state index contributed by atoms with van der Waals surface area (Å²) in [5.74, 6) is 1.37. The van der Waals surface area contributed by atoms with Gasteiger partial charge in [0.1, 0.15) is 7.28 Å². The molecule has 2 aliphatic heterocycles. The quantitative estimate of drug-likeness (QED) is 0.561. The molecule has 4 heteroatoms. The Morgan fingerprint density at radius 3 is 2.85 bits per heavy atom. The summed E-state index contributed by atoms with van der Waals surface area (Å²) in [5, 5.41) is 15.7. The van der Waals surface area contributed by atoms with Gasteiger partial charge in [0.2, 0.25) is 0 Å². The second-order valence-electron chi connectivity index (χ2n) is 4.02. The summed E-state index contributed by atoms with van der Waals surface area (Å²) in [4.78, 5) is 0. The molecule has 2 rings (SSSR count). The number of rotatable bonds is 1. The summed E-state index contributed by atoms with van der Waals surface area (Å²) < 4.78 is 0. The molecule has 0 amide bonds. The van der Waals surface area contributed by atoms with E-state index in [1.165, 1.54) is 6.42 Å². The Hall–Kier alpha value is -0.525. The molecule has 0 aromatic carbocycles. The van der Waals surface area contributed by atoms with E-state index in [4.69, 9.17) is 5.26 Å². The van der Waals surface area contributed by atoms with Gasteiger partial charge in [0.25, 0.3) is 0 Å². The molecule has 4 atom stereocenters. The van der Waals surface area contributed by atoms with Crippen molar-refractivity contribution < 1.29 is 0 Å². The third-order valence-electron chi connectivity index (χ3n) is 3.31. The Balaban J connectivity index is 2.01. The summed E-state index contributed by atoms with van der Waals surface area (Å²) in [5.41, 5.74) is 0. The van der Waals surface area contributed by atoms with Crippen LogP contribution in [0.25, 0.3) is 0 Å². The van der Waals surface area contributed by atoms with Gasteiger partial charge in [-0.05, 0) is 13.0 Å². The number of hydrogen-bond acceptors (Lipinski definition) is 3. The summed E-state index contributed by atoms with van der Waals surface area (Å²) in [7, 11) is 2.25. The summed E-state index contributed by atoms with van der Waals surface area (Å²) in [6, 6.07) is 2.39. The van der Waals surface area contributed by atoms with Gasteiger partial charge in [-0.2, -0.15) is 5.26 Å². The summed E-state index contributed by atoms with van der Waals surface area (Å²) in [6.45, 7) is 4.02. The van der Waals surface area contributed by atoms with Crippen LogP contribution in [0, 0.1) is 23.2 Å². The number of nitrogens with one attached hydrogen (secondary N) is 2. The van der Waals surface area contributed by atoms with Crippen LogP contribution >= 0.6 is 0 Å². The topological polar surface area (TPSA) is 47.8 Å². The van der Waals surface area contributed by atoms with Crippen LogP contribution in [0.1, 0.15) is 6.42 Å². The first kappa shape index (κ1) is 9.05. The number of nitriles is 1. The van der Waals surface area contributed by atoms with Crippen LogP contribution in [-0.2, 0) is 0 Å².